The van der Waals surface area contributed by atoms with Crippen LogP contribution in [-0.4, -0.2) is 22.4 Å². The summed E-state index contributed by atoms with van der Waals surface area (Å²) in [5.74, 6) is -0.211. The third kappa shape index (κ3) is 3.11. The summed E-state index contributed by atoms with van der Waals surface area (Å²) in [6.45, 7) is 1.97. The Morgan fingerprint density at radius 3 is 2.77 bits per heavy atom. The van der Waals surface area contributed by atoms with Crippen molar-refractivity contribution in [3.05, 3.63) is 32.9 Å². The first kappa shape index (κ1) is 10.7. The minimum absolute atomic E-state index is 0.211. The molecule has 0 fully saturated rings. The van der Waals surface area contributed by atoms with E-state index in [4.69, 9.17) is 4.74 Å². The average molecular weight is 306 g/mol. The Bertz CT molecular complexity index is 305. The van der Waals surface area contributed by atoms with Crippen LogP contribution in [-0.2, 0) is 4.74 Å². The summed E-state index contributed by atoms with van der Waals surface area (Å²) in [6, 6.07) is 5.72. The quantitative estimate of drug-likeness (QED) is 0.464. The molecule has 0 aliphatic rings. The monoisotopic (exact) mass is 306 g/mol. The van der Waals surface area contributed by atoms with Crippen molar-refractivity contribution in [2.75, 3.05) is 6.23 Å². The van der Waals surface area contributed by atoms with E-state index in [-0.39, 0.29) is 5.97 Å². The lowest BCUT2D eigenvalue weighted by atomic mass is 10.1. The summed E-state index contributed by atoms with van der Waals surface area (Å²) in [6.07, 6.45) is 0.559. The molecule has 0 amide bonds. The number of esters is 1. The number of rotatable bonds is 2. The van der Waals surface area contributed by atoms with Gasteiger partial charge >= 0.3 is 5.97 Å². The minimum atomic E-state index is -0.211. The number of aryl methyl sites for hydroxylation is 1. The highest BCUT2D eigenvalue weighted by molar-refractivity contribution is 14.1. The van der Waals surface area contributed by atoms with Crippen LogP contribution < -0.4 is 0 Å². The number of hydrogen-bond acceptors (Lipinski definition) is 2. The number of carbonyl (C=O) groups is 1. The lowest BCUT2D eigenvalue weighted by molar-refractivity contribution is 0.0573. The maximum absolute atomic E-state index is 11.3. The zero-order valence-corrected chi connectivity index (χ0v) is 11.8. The Labute approximate surface area is 94.2 Å². The Morgan fingerprint density at radius 2 is 2.23 bits per heavy atom. The molecule has 0 bridgehead atoms. The molecule has 2 nitrogen and oxygen atoms in total. The topological polar surface area (TPSA) is 26.3 Å². The van der Waals surface area contributed by atoms with E-state index in [9.17, 15) is 4.79 Å². The molecule has 1 rings (SSSR count). The van der Waals surface area contributed by atoms with Gasteiger partial charge in [0.05, 0.1) is 22.0 Å². The van der Waals surface area contributed by atoms with Crippen LogP contribution in [0, 0.1) is 10.5 Å². The van der Waals surface area contributed by atoms with E-state index in [1.807, 2.05) is 25.1 Å². The van der Waals surface area contributed by atoms with E-state index < -0.39 is 0 Å². The van der Waals surface area contributed by atoms with E-state index in [0.29, 0.717) is 11.8 Å². The second kappa shape index (κ2) is 4.76. The normalized spacial score (nSPS) is 10.0. The molecule has 1 aromatic rings. The standard InChI is InChI=1S/C9H11IO2Si/c1-6-2-7(4-8(10)3-6)9(11)12-5-13/h2-4H,5H2,1,13H3. The van der Waals surface area contributed by atoms with Crippen molar-refractivity contribution in [1.29, 1.82) is 0 Å². The molecule has 13 heavy (non-hydrogen) atoms. The van der Waals surface area contributed by atoms with E-state index >= 15 is 0 Å². The van der Waals surface area contributed by atoms with Gasteiger partial charge in [0.2, 0.25) is 0 Å². The molecule has 0 saturated heterocycles. The molecule has 70 valence electrons. The molecule has 0 spiro atoms. The second-order valence-electron chi connectivity index (χ2n) is 2.74. The summed E-state index contributed by atoms with van der Waals surface area (Å²) in [7, 11) is 0.889. The molecule has 0 unspecified atom stereocenters. The molecule has 1 aromatic carbocycles. The Morgan fingerprint density at radius 1 is 1.54 bits per heavy atom. The van der Waals surface area contributed by atoms with Gasteiger partial charge in [0.25, 0.3) is 0 Å². The van der Waals surface area contributed by atoms with Crippen LogP contribution in [0.4, 0.5) is 0 Å². The molecular formula is C9H11IO2Si. The summed E-state index contributed by atoms with van der Waals surface area (Å²) >= 11 is 2.19. The third-order valence-electron chi connectivity index (χ3n) is 1.55. The lowest BCUT2D eigenvalue weighted by Crippen LogP contribution is -2.06. The summed E-state index contributed by atoms with van der Waals surface area (Å²) in [5, 5.41) is 0. The van der Waals surface area contributed by atoms with Crippen molar-refractivity contribution in [1.82, 2.24) is 0 Å². The van der Waals surface area contributed by atoms with E-state index in [1.54, 1.807) is 0 Å². The van der Waals surface area contributed by atoms with Gasteiger partial charge < -0.3 is 4.74 Å². The first-order valence-corrected chi connectivity index (χ1v) is 6.57. The van der Waals surface area contributed by atoms with Gasteiger partial charge in [-0.05, 0) is 53.3 Å². The molecule has 0 heterocycles. The Kier molecular flexibility index (Phi) is 3.92. The first-order chi connectivity index (χ1) is 6.13. The lowest BCUT2D eigenvalue weighted by Gasteiger charge is -2.03. The van der Waals surface area contributed by atoms with Crippen LogP contribution in [0.25, 0.3) is 0 Å². The fourth-order valence-corrected chi connectivity index (χ4v) is 2.16. The van der Waals surface area contributed by atoms with Gasteiger partial charge in [0.1, 0.15) is 0 Å². The second-order valence-corrected chi connectivity index (χ2v) is 4.56. The maximum Gasteiger partial charge on any atom is 0.337 e. The summed E-state index contributed by atoms with van der Waals surface area (Å²) in [5.41, 5.74) is 1.74. The fraction of sp³-hybridized carbons (Fsp3) is 0.222. The Hall–Kier alpha value is -0.363. The molecule has 0 aliphatic heterocycles. The molecule has 0 saturated carbocycles. The van der Waals surface area contributed by atoms with Crippen molar-refractivity contribution in [3.63, 3.8) is 0 Å². The third-order valence-corrected chi connectivity index (χ3v) is 2.46. The molecule has 0 N–H and O–H groups in total. The van der Waals surface area contributed by atoms with Gasteiger partial charge in [-0.15, -0.1) is 0 Å². The number of ether oxygens (including phenoxy) is 1. The van der Waals surface area contributed by atoms with Gasteiger partial charge in [-0.3, -0.25) is 0 Å². The highest BCUT2D eigenvalue weighted by Crippen LogP contribution is 2.12. The van der Waals surface area contributed by atoms with Gasteiger partial charge in [-0.25, -0.2) is 4.79 Å². The molecular weight excluding hydrogens is 295 g/mol. The fourth-order valence-electron chi connectivity index (χ4n) is 1.07. The van der Waals surface area contributed by atoms with Gasteiger partial charge in [0.15, 0.2) is 0 Å². The van der Waals surface area contributed by atoms with Crippen LogP contribution in [0.3, 0.4) is 0 Å². The molecule has 4 heteroatoms. The van der Waals surface area contributed by atoms with Crippen LogP contribution in [0.15, 0.2) is 18.2 Å². The van der Waals surface area contributed by atoms with E-state index in [1.165, 1.54) is 0 Å². The number of carbonyl (C=O) groups excluding carboxylic acids is 1. The highest BCUT2D eigenvalue weighted by atomic mass is 127. The van der Waals surface area contributed by atoms with Gasteiger partial charge in [-0.2, -0.15) is 0 Å². The van der Waals surface area contributed by atoms with Crippen LogP contribution in [0.2, 0.25) is 0 Å². The summed E-state index contributed by atoms with van der Waals surface area (Å²) < 4.78 is 6.02. The maximum atomic E-state index is 11.3. The van der Waals surface area contributed by atoms with Crippen LogP contribution in [0.1, 0.15) is 15.9 Å². The van der Waals surface area contributed by atoms with Gasteiger partial charge in [-0.1, -0.05) is 0 Å². The van der Waals surface area contributed by atoms with Gasteiger partial charge in [0, 0.05) is 3.57 Å². The average Bonchev–Trinajstić information content (AvgIpc) is 2.03. The first-order valence-electron chi connectivity index (χ1n) is 4.08. The van der Waals surface area contributed by atoms with Crippen molar-refractivity contribution in [2.24, 2.45) is 0 Å². The summed E-state index contributed by atoms with van der Waals surface area (Å²) in [4.78, 5) is 11.3. The van der Waals surface area contributed by atoms with Crippen molar-refractivity contribution in [2.45, 2.75) is 6.92 Å². The van der Waals surface area contributed by atoms with Crippen LogP contribution in [0.5, 0.6) is 0 Å². The predicted molar refractivity (Wildman–Crippen MR) is 64.1 cm³/mol. The van der Waals surface area contributed by atoms with Crippen molar-refractivity contribution < 1.29 is 9.53 Å². The number of hydrogen-bond donors (Lipinski definition) is 0. The zero-order valence-electron chi connectivity index (χ0n) is 7.63. The predicted octanol–water partition coefficient (Wildman–Crippen LogP) is 1.08. The molecule has 0 aromatic heterocycles. The van der Waals surface area contributed by atoms with E-state index in [0.717, 1.165) is 19.4 Å². The van der Waals surface area contributed by atoms with Crippen molar-refractivity contribution in [3.8, 4) is 0 Å². The SMILES string of the molecule is Cc1cc(I)cc(C(=O)OC[SiH3])c1. The molecule has 0 aliphatic carbocycles. The molecule has 0 radical (unpaired) electrons. The van der Waals surface area contributed by atoms with E-state index in [2.05, 4.69) is 22.6 Å². The minimum Gasteiger partial charge on any atom is -0.467 e. The smallest absolute Gasteiger partial charge is 0.337 e. The number of benzene rings is 1. The van der Waals surface area contributed by atoms with Crippen molar-refractivity contribution >= 4 is 38.8 Å². The largest absolute Gasteiger partial charge is 0.467 e. The highest BCUT2D eigenvalue weighted by Gasteiger charge is 2.06. The zero-order chi connectivity index (χ0) is 9.84. The van der Waals surface area contributed by atoms with Crippen LogP contribution >= 0.6 is 22.6 Å². The molecule has 0 atom stereocenters. The Balaban J connectivity index is 2.94. The number of halogens is 1.